The van der Waals surface area contributed by atoms with E-state index in [1.54, 1.807) is 23.9 Å². The zero-order valence-corrected chi connectivity index (χ0v) is 12.3. The Kier molecular flexibility index (Phi) is 3.97. The first-order valence-corrected chi connectivity index (χ1v) is 6.59. The lowest BCUT2D eigenvalue weighted by molar-refractivity contribution is 0.386. The first-order valence-electron chi connectivity index (χ1n) is 6.59. The Bertz CT molecular complexity index is 620. The van der Waals surface area contributed by atoms with Gasteiger partial charge >= 0.3 is 0 Å². The van der Waals surface area contributed by atoms with Crippen LogP contribution in [0.15, 0.2) is 18.2 Å². The summed E-state index contributed by atoms with van der Waals surface area (Å²) in [6.07, 6.45) is 0.808. The number of halogens is 1. The third-order valence-electron chi connectivity index (χ3n) is 3.23. The number of benzene rings is 1. The van der Waals surface area contributed by atoms with Crippen molar-refractivity contribution in [2.75, 3.05) is 12.8 Å². The van der Waals surface area contributed by atoms with Crippen LogP contribution in [0.2, 0.25) is 0 Å². The maximum Gasteiger partial charge on any atom is 0.165 e. The monoisotopic (exact) mass is 277 g/mol. The fraction of sp³-hybridized carbons (Fsp3) is 0.400. The predicted octanol–water partition coefficient (Wildman–Crippen LogP) is 3.02. The molecule has 5 heteroatoms. The topological polar surface area (TPSA) is 53.1 Å². The molecule has 0 unspecified atom stereocenters. The van der Waals surface area contributed by atoms with Gasteiger partial charge in [0.05, 0.1) is 12.8 Å². The SMILES string of the molecule is COc1ccc(-c2nn(C)c(N)c2CC(C)C)cc1F. The van der Waals surface area contributed by atoms with Gasteiger partial charge in [0.2, 0.25) is 0 Å². The second-order valence-corrected chi connectivity index (χ2v) is 5.28. The van der Waals surface area contributed by atoms with Gasteiger partial charge in [-0.15, -0.1) is 0 Å². The minimum absolute atomic E-state index is 0.225. The lowest BCUT2D eigenvalue weighted by Gasteiger charge is -2.08. The van der Waals surface area contributed by atoms with Crippen LogP contribution in [0.25, 0.3) is 11.3 Å². The number of hydrogen-bond donors (Lipinski definition) is 1. The largest absolute Gasteiger partial charge is 0.494 e. The zero-order chi connectivity index (χ0) is 14.9. The molecule has 0 saturated heterocycles. The molecule has 0 aliphatic rings. The van der Waals surface area contributed by atoms with E-state index in [1.807, 2.05) is 0 Å². The summed E-state index contributed by atoms with van der Waals surface area (Å²) < 4.78 is 20.4. The molecule has 2 rings (SSSR count). The number of nitrogens with two attached hydrogens (primary N) is 1. The van der Waals surface area contributed by atoms with Crippen LogP contribution in [0.1, 0.15) is 19.4 Å². The Labute approximate surface area is 118 Å². The summed E-state index contributed by atoms with van der Waals surface area (Å²) in [5.41, 5.74) is 8.48. The number of hydrogen-bond acceptors (Lipinski definition) is 3. The van der Waals surface area contributed by atoms with Crippen molar-refractivity contribution in [3.8, 4) is 17.0 Å². The van der Waals surface area contributed by atoms with Crippen LogP contribution in [0, 0.1) is 11.7 Å². The Hall–Kier alpha value is -2.04. The molecular formula is C15H20FN3O. The molecule has 108 valence electrons. The van der Waals surface area contributed by atoms with E-state index in [1.165, 1.54) is 13.2 Å². The van der Waals surface area contributed by atoms with E-state index in [2.05, 4.69) is 18.9 Å². The first-order chi connectivity index (χ1) is 9.43. The molecule has 0 aliphatic carbocycles. The van der Waals surface area contributed by atoms with Crippen LogP contribution in [0.4, 0.5) is 10.2 Å². The van der Waals surface area contributed by atoms with E-state index in [0.717, 1.165) is 17.7 Å². The minimum Gasteiger partial charge on any atom is -0.494 e. The number of aromatic nitrogens is 2. The molecule has 0 atom stereocenters. The summed E-state index contributed by atoms with van der Waals surface area (Å²) in [7, 11) is 3.24. The highest BCUT2D eigenvalue weighted by molar-refractivity contribution is 5.69. The number of ether oxygens (including phenoxy) is 1. The summed E-state index contributed by atoms with van der Waals surface area (Å²) in [4.78, 5) is 0. The van der Waals surface area contributed by atoms with Gasteiger partial charge in [0.15, 0.2) is 11.6 Å². The minimum atomic E-state index is -0.398. The summed E-state index contributed by atoms with van der Waals surface area (Å²) >= 11 is 0. The van der Waals surface area contributed by atoms with Gasteiger partial charge in [-0.05, 0) is 30.5 Å². The van der Waals surface area contributed by atoms with Gasteiger partial charge in [0.1, 0.15) is 5.82 Å². The van der Waals surface area contributed by atoms with Crippen LogP contribution >= 0.6 is 0 Å². The summed E-state index contributed by atoms with van der Waals surface area (Å²) in [6, 6.07) is 4.84. The summed E-state index contributed by atoms with van der Waals surface area (Å²) in [5.74, 6) is 0.904. The van der Waals surface area contributed by atoms with Crippen molar-refractivity contribution in [1.82, 2.24) is 9.78 Å². The number of methoxy groups -OCH3 is 1. The predicted molar refractivity (Wildman–Crippen MR) is 78.1 cm³/mol. The summed E-state index contributed by atoms with van der Waals surface area (Å²) in [6.45, 7) is 4.23. The second kappa shape index (κ2) is 5.53. The molecule has 0 radical (unpaired) electrons. The molecule has 20 heavy (non-hydrogen) atoms. The number of aryl methyl sites for hydroxylation is 1. The maximum absolute atomic E-state index is 13.8. The van der Waals surface area contributed by atoms with Gasteiger partial charge in [-0.3, -0.25) is 4.68 Å². The van der Waals surface area contributed by atoms with Crippen LogP contribution in [0.3, 0.4) is 0 Å². The fourth-order valence-electron chi connectivity index (χ4n) is 2.24. The molecule has 0 amide bonds. The molecule has 2 aromatic rings. The van der Waals surface area contributed by atoms with Gasteiger partial charge in [-0.1, -0.05) is 13.8 Å². The molecule has 0 spiro atoms. The van der Waals surface area contributed by atoms with Crippen molar-refractivity contribution < 1.29 is 9.13 Å². The van der Waals surface area contributed by atoms with Crippen molar-refractivity contribution in [2.45, 2.75) is 20.3 Å². The number of anilines is 1. The van der Waals surface area contributed by atoms with Gasteiger partial charge in [-0.2, -0.15) is 5.10 Å². The van der Waals surface area contributed by atoms with Gasteiger partial charge in [0.25, 0.3) is 0 Å². The average Bonchev–Trinajstić information content (AvgIpc) is 2.66. The second-order valence-electron chi connectivity index (χ2n) is 5.28. The first kappa shape index (κ1) is 14.4. The van der Waals surface area contributed by atoms with Crippen molar-refractivity contribution in [2.24, 2.45) is 13.0 Å². The molecular weight excluding hydrogens is 257 g/mol. The number of nitrogen functional groups attached to an aromatic ring is 1. The van der Waals surface area contributed by atoms with Gasteiger partial charge in [0, 0.05) is 18.2 Å². The van der Waals surface area contributed by atoms with Gasteiger partial charge < -0.3 is 10.5 Å². The van der Waals surface area contributed by atoms with Crippen LogP contribution in [0.5, 0.6) is 5.75 Å². The molecule has 0 fully saturated rings. The van der Waals surface area contributed by atoms with Crippen LogP contribution < -0.4 is 10.5 Å². The van der Waals surface area contributed by atoms with Crippen molar-refractivity contribution in [3.05, 3.63) is 29.6 Å². The normalized spacial score (nSPS) is 11.1. The van der Waals surface area contributed by atoms with E-state index in [4.69, 9.17) is 10.5 Å². The number of nitrogens with zero attached hydrogens (tertiary/aromatic N) is 2. The van der Waals surface area contributed by atoms with Gasteiger partial charge in [-0.25, -0.2) is 4.39 Å². The molecule has 4 nitrogen and oxygen atoms in total. The Balaban J connectivity index is 2.52. The molecule has 1 aromatic heterocycles. The molecule has 0 aliphatic heterocycles. The maximum atomic E-state index is 13.8. The third kappa shape index (κ3) is 2.61. The number of rotatable bonds is 4. The Morgan fingerprint density at radius 3 is 2.65 bits per heavy atom. The summed E-state index contributed by atoms with van der Waals surface area (Å²) in [5, 5.41) is 4.41. The van der Waals surface area contributed by atoms with E-state index in [0.29, 0.717) is 17.3 Å². The smallest absolute Gasteiger partial charge is 0.165 e. The Morgan fingerprint density at radius 1 is 1.40 bits per heavy atom. The molecule has 1 heterocycles. The third-order valence-corrected chi connectivity index (χ3v) is 3.23. The van der Waals surface area contributed by atoms with E-state index < -0.39 is 5.82 Å². The van der Waals surface area contributed by atoms with Crippen molar-refractivity contribution >= 4 is 5.82 Å². The van der Waals surface area contributed by atoms with Crippen molar-refractivity contribution in [3.63, 3.8) is 0 Å². The molecule has 0 bridgehead atoms. The van der Waals surface area contributed by atoms with Crippen molar-refractivity contribution in [1.29, 1.82) is 0 Å². The molecule has 1 aromatic carbocycles. The van der Waals surface area contributed by atoms with E-state index in [9.17, 15) is 4.39 Å². The Morgan fingerprint density at radius 2 is 2.10 bits per heavy atom. The standard InChI is InChI=1S/C15H20FN3O/c1-9(2)7-11-14(18-19(3)15(11)17)10-5-6-13(20-4)12(16)8-10/h5-6,8-9H,7,17H2,1-4H3. The lowest BCUT2D eigenvalue weighted by Crippen LogP contribution is -2.02. The molecule has 2 N–H and O–H groups in total. The van der Waals surface area contributed by atoms with E-state index in [-0.39, 0.29) is 5.75 Å². The molecule has 0 saturated carbocycles. The average molecular weight is 277 g/mol. The van der Waals surface area contributed by atoms with Crippen LogP contribution in [-0.4, -0.2) is 16.9 Å². The fourth-order valence-corrected chi connectivity index (χ4v) is 2.24. The van der Waals surface area contributed by atoms with Crippen LogP contribution in [-0.2, 0) is 13.5 Å². The van der Waals surface area contributed by atoms with E-state index >= 15 is 0 Å². The zero-order valence-electron chi connectivity index (χ0n) is 12.3. The lowest BCUT2D eigenvalue weighted by atomic mass is 9.99. The highest BCUT2D eigenvalue weighted by Crippen LogP contribution is 2.31. The quantitative estimate of drug-likeness (QED) is 0.934. The highest BCUT2D eigenvalue weighted by atomic mass is 19.1. The highest BCUT2D eigenvalue weighted by Gasteiger charge is 2.17.